The van der Waals surface area contributed by atoms with E-state index in [1.807, 2.05) is 41.8 Å². The molecule has 180 valence electrons. The van der Waals surface area contributed by atoms with Gasteiger partial charge in [-0.25, -0.2) is 13.9 Å². The van der Waals surface area contributed by atoms with E-state index in [-0.39, 0.29) is 11.9 Å². The number of likely N-dealkylation sites (tertiary alicyclic amines) is 1. The fraction of sp³-hybridized carbons (Fsp3) is 0.370. The highest BCUT2D eigenvalue weighted by atomic mass is 19.1. The van der Waals surface area contributed by atoms with Crippen molar-refractivity contribution in [3.8, 4) is 22.5 Å². The van der Waals surface area contributed by atoms with Crippen LogP contribution in [0.15, 0.2) is 54.9 Å². The highest BCUT2D eigenvalue weighted by Gasteiger charge is 2.30. The van der Waals surface area contributed by atoms with E-state index in [1.165, 1.54) is 12.1 Å². The normalized spacial score (nSPS) is 19.6. The second-order valence-electron chi connectivity index (χ2n) is 9.68. The Kier molecular flexibility index (Phi) is 5.70. The molecule has 0 saturated carbocycles. The SMILES string of the molecule is Cc1cc(F)cc(-c2nc3ccc(N4CCC(N5CC[C@@H](O)C5)CC4)nn3c2-c2ccncc2)c1. The van der Waals surface area contributed by atoms with Gasteiger partial charge in [-0.2, -0.15) is 0 Å². The van der Waals surface area contributed by atoms with Crippen LogP contribution in [0, 0.1) is 12.7 Å². The second-order valence-corrected chi connectivity index (χ2v) is 9.68. The van der Waals surface area contributed by atoms with E-state index in [1.54, 1.807) is 12.4 Å². The van der Waals surface area contributed by atoms with Gasteiger partial charge in [0.2, 0.25) is 0 Å². The smallest absolute Gasteiger partial charge is 0.155 e. The van der Waals surface area contributed by atoms with Crippen molar-refractivity contribution in [3.05, 3.63) is 66.2 Å². The van der Waals surface area contributed by atoms with Crippen LogP contribution in [-0.4, -0.2) is 67.9 Å². The Morgan fingerprint density at radius 2 is 1.74 bits per heavy atom. The van der Waals surface area contributed by atoms with Gasteiger partial charge in [-0.1, -0.05) is 0 Å². The summed E-state index contributed by atoms with van der Waals surface area (Å²) in [5.74, 6) is 0.631. The quantitative estimate of drug-likeness (QED) is 0.485. The van der Waals surface area contributed by atoms with E-state index in [9.17, 15) is 9.50 Å². The summed E-state index contributed by atoms with van der Waals surface area (Å²) in [5.41, 5.74) is 4.76. The lowest BCUT2D eigenvalue weighted by Gasteiger charge is -2.37. The molecule has 6 rings (SSSR count). The lowest BCUT2D eigenvalue weighted by Crippen LogP contribution is -2.44. The van der Waals surface area contributed by atoms with E-state index < -0.39 is 0 Å². The summed E-state index contributed by atoms with van der Waals surface area (Å²) in [6.45, 7) is 5.51. The number of β-amino-alcohol motifs (C(OH)–C–C–N with tert-alkyl or cyclic N) is 1. The lowest BCUT2D eigenvalue weighted by atomic mass is 10.0. The molecule has 2 saturated heterocycles. The Morgan fingerprint density at radius 1 is 0.943 bits per heavy atom. The average molecular weight is 473 g/mol. The predicted octanol–water partition coefficient (Wildman–Crippen LogP) is 3.94. The van der Waals surface area contributed by atoms with Gasteiger partial charge >= 0.3 is 0 Å². The summed E-state index contributed by atoms with van der Waals surface area (Å²) in [5, 5.41) is 14.9. The summed E-state index contributed by atoms with van der Waals surface area (Å²) < 4.78 is 16.2. The molecule has 0 radical (unpaired) electrons. The zero-order chi connectivity index (χ0) is 23.9. The van der Waals surface area contributed by atoms with Crippen LogP contribution in [0.1, 0.15) is 24.8 Å². The standard InChI is InChI=1S/C27H29FN6O/c1-18-14-20(16-21(28)15-18)26-27(19-4-9-29-10-5-19)34-24(30-26)2-3-25(31-34)32-11-6-22(7-12-32)33-13-8-23(35)17-33/h2-5,9-10,14-16,22-23,35H,6-8,11-13,17H2,1H3/t23-/m1/s1. The number of benzene rings is 1. The number of anilines is 1. The fourth-order valence-corrected chi connectivity index (χ4v) is 5.50. The molecule has 1 aromatic carbocycles. The van der Waals surface area contributed by atoms with Gasteiger partial charge in [0.15, 0.2) is 5.65 Å². The Morgan fingerprint density at radius 3 is 2.46 bits per heavy atom. The van der Waals surface area contributed by atoms with Gasteiger partial charge in [0.25, 0.3) is 0 Å². The van der Waals surface area contributed by atoms with Crippen LogP contribution >= 0.6 is 0 Å². The first-order chi connectivity index (χ1) is 17.0. The number of aromatic nitrogens is 4. The minimum Gasteiger partial charge on any atom is -0.392 e. The molecule has 2 aliphatic heterocycles. The average Bonchev–Trinajstić information content (AvgIpc) is 3.47. The number of halogens is 1. The second kappa shape index (κ2) is 9.02. The summed E-state index contributed by atoms with van der Waals surface area (Å²) in [4.78, 5) is 13.8. The largest absolute Gasteiger partial charge is 0.392 e. The molecular weight excluding hydrogens is 443 g/mol. The first-order valence-corrected chi connectivity index (χ1v) is 12.3. The predicted molar refractivity (Wildman–Crippen MR) is 134 cm³/mol. The topological polar surface area (TPSA) is 69.8 Å². The van der Waals surface area contributed by atoms with Crippen LogP contribution in [0.4, 0.5) is 10.2 Å². The van der Waals surface area contributed by atoms with Gasteiger partial charge in [-0.3, -0.25) is 9.88 Å². The highest BCUT2D eigenvalue weighted by molar-refractivity contribution is 5.82. The molecule has 0 aliphatic carbocycles. The third kappa shape index (κ3) is 4.28. The third-order valence-corrected chi connectivity index (χ3v) is 7.23. The fourth-order valence-electron chi connectivity index (χ4n) is 5.50. The number of aryl methyl sites for hydroxylation is 1. The summed E-state index contributed by atoms with van der Waals surface area (Å²) >= 11 is 0. The monoisotopic (exact) mass is 472 g/mol. The molecule has 1 atom stereocenters. The lowest BCUT2D eigenvalue weighted by molar-refractivity contribution is 0.148. The number of hydrogen-bond donors (Lipinski definition) is 1. The molecule has 4 aromatic rings. The molecule has 8 heteroatoms. The van der Waals surface area contributed by atoms with E-state index in [4.69, 9.17) is 10.1 Å². The van der Waals surface area contributed by atoms with Crippen LogP contribution in [0.3, 0.4) is 0 Å². The molecule has 7 nitrogen and oxygen atoms in total. The molecule has 0 spiro atoms. The number of piperidine rings is 1. The van der Waals surface area contributed by atoms with Crippen molar-refractivity contribution in [1.82, 2.24) is 24.5 Å². The van der Waals surface area contributed by atoms with Crippen LogP contribution in [0.2, 0.25) is 0 Å². The number of imidazole rings is 1. The van der Waals surface area contributed by atoms with Gasteiger partial charge < -0.3 is 10.0 Å². The molecule has 5 heterocycles. The molecule has 1 N–H and O–H groups in total. The van der Waals surface area contributed by atoms with Crippen molar-refractivity contribution in [3.63, 3.8) is 0 Å². The van der Waals surface area contributed by atoms with Crippen LogP contribution in [0.25, 0.3) is 28.2 Å². The maximum atomic E-state index is 14.3. The molecule has 2 aliphatic rings. The molecule has 0 bridgehead atoms. The zero-order valence-electron chi connectivity index (χ0n) is 19.8. The van der Waals surface area contributed by atoms with E-state index in [0.717, 1.165) is 79.3 Å². The number of nitrogens with zero attached hydrogens (tertiary/aromatic N) is 6. The van der Waals surface area contributed by atoms with Crippen molar-refractivity contribution in [2.24, 2.45) is 0 Å². The minimum atomic E-state index is -0.278. The number of pyridine rings is 1. The van der Waals surface area contributed by atoms with Crippen molar-refractivity contribution in [1.29, 1.82) is 0 Å². The summed E-state index contributed by atoms with van der Waals surface area (Å²) in [7, 11) is 0. The molecule has 3 aromatic heterocycles. The Labute approximate surface area is 203 Å². The number of aliphatic hydroxyl groups excluding tert-OH is 1. The Hall–Kier alpha value is -3.36. The molecular formula is C27H29FN6O. The summed E-state index contributed by atoms with van der Waals surface area (Å²) in [6, 6.07) is 13.4. The molecule has 2 fully saturated rings. The number of rotatable bonds is 4. The third-order valence-electron chi connectivity index (χ3n) is 7.23. The Bertz CT molecular complexity index is 1330. The first-order valence-electron chi connectivity index (χ1n) is 12.3. The number of hydrogen-bond acceptors (Lipinski definition) is 6. The van der Waals surface area contributed by atoms with Crippen molar-refractivity contribution in [2.75, 3.05) is 31.1 Å². The van der Waals surface area contributed by atoms with Gasteiger partial charge in [-0.15, -0.1) is 5.10 Å². The van der Waals surface area contributed by atoms with Crippen molar-refractivity contribution < 1.29 is 9.50 Å². The van der Waals surface area contributed by atoms with Crippen molar-refractivity contribution >= 4 is 11.5 Å². The van der Waals surface area contributed by atoms with E-state index in [2.05, 4.69) is 14.8 Å². The van der Waals surface area contributed by atoms with E-state index >= 15 is 0 Å². The maximum absolute atomic E-state index is 14.3. The highest BCUT2D eigenvalue weighted by Crippen LogP contribution is 2.34. The minimum absolute atomic E-state index is 0.180. The first kappa shape index (κ1) is 22.1. The summed E-state index contributed by atoms with van der Waals surface area (Å²) in [6.07, 6.45) is 6.31. The number of fused-ring (bicyclic) bond motifs is 1. The Balaban J connectivity index is 1.36. The van der Waals surface area contributed by atoms with Crippen LogP contribution in [-0.2, 0) is 0 Å². The van der Waals surface area contributed by atoms with Crippen LogP contribution in [0.5, 0.6) is 0 Å². The number of aliphatic hydroxyl groups is 1. The van der Waals surface area contributed by atoms with Gasteiger partial charge in [0.05, 0.1) is 11.8 Å². The zero-order valence-corrected chi connectivity index (χ0v) is 19.8. The molecule has 35 heavy (non-hydrogen) atoms. The van der Waals surface area contributed by atoms with Gasteiger partial charge in [0.1, 0.15) is 17.3 Å². The van der Waals surface area contributed by atoms with Crippen LogP contribution < -0.4 is 4.90 Å². The molecule has 0 amide bonds. The van der Waals surface area contributed by atoms with E-state index in [0.29, 0.717) is 11.7 Å². The maximum Gasteiger partial charge on any atom is 0.155 e. The molecule has 0 unspecified atom stereocenters. The van der Waals surface area contributed by atoms with Gasteiger partial charge in [-0.05, 0) is 74.2 Å². The van der Waals surface area contributed by atoms with Crippen molar-refractivity contribution in [2.45, 2.75) is 38.3 Å². The van der Waals surface area contributed by atoms with Gasteiger partial charge in [0, 0.05) is 55.7 Å².